The summed E-state index contributed by atoms with van der Waals surface area (Å²) in [5.41, 5.74) is 3.81. The van der Waals surface area contributed by atoms with Crippen molar-refractivity contribution in [3.05, 3.63) is 54.0 Å². The van der Waals surface area contributed by atoms with Gasteiger partial charge < -0.3 is 19.7 Å². The first-order valence-electron chi connectivity index (χ1n) is 10.0. The minimum Gasteiger partial charge on any atom is -0.491 e. The largest absolute Gasteiger partial charge is 0.491 e. The lowest BCUT2D eigenvalue weighted by molar-refractivity contribution is -0.142. The molecular weight excluding hydrogens is 393 g/mol. The van der Waals surface area contributed by atoms with Crippen molar-refractivity contribution in [3.8, 4) is 5.75 Å². The van der Waals surface area contributed by atoms with Gasteiger partial charge in [0.15, 0.2) is 0 Å². The van der Waals surface area contributed by atoms with E-state index in [1.165, 1.54) is 31.4 Å². The predicted octanol–water partition coefficient (Wildman–Crippen LogP) is 2.11. The highest BCUT2D eigenvalue weighted by Gasteiger charge is 2.43. The fourth-order valence-electron chi connectivity index (χ4n) is 3.98. The van der Waals surface area contributed by atoms with E-state index in [4.69, 9.17) is 9.57 Å². The number of fused-ring (bicyclic) bond motifs is 1. The summed E-state index contributed by atoms with van der Waals surface area (Å²) >= 11 is 0. The second-order valence-corrected chi connectivity index (χ2v) is 7.61. The maximum absolute atomic E-state index is 12.9. The Morgan fingerprint density at radius 3 is 2.87 bits per heavy atom. The highest BCUT2D eigenvalue weighted by molar-refractivity contribution is 5.69. The van der Waals surface area contributed by atoms with Gasteiger partial charge in [0.25, 0.3) is 0 Å². The Morgan fingerprint density at radius 1 is 1.37 bits per heavy atom. The summed E-state index contributed by atoms with van der Waals surface area (Å²) in [6.07, 6.45) is 5.82. The van der Waals surface area contributed by atoms with Gasteiger partial charge in [-0.25, -0.2) is 4.39 Å². The van der Waals surface area contributed by atoms with Crippen molar-refractivity contribution in [2.45, 2.75) is 31.5 Å². The van der Waals surface area contributed by atoms with Crippen LogP contribution >= 0.6 is 0 Å². The van der Waals surface area contributed by atoms with Crippen LogP contribution in [-0.4, -0.2) is 48.7 Å². The van der Waals surface area contributed by atoms with Gasteiger partial charge >= 0.3 is 5.97 Å². The molecule has 2 aliphatic rings. The molecule has 0 bridgehead atoms. The first-order valence-corrected chi connectivity index (χ1v) is 10.0. The highest BCUT2D eigenvalue weighted by atomic mass is 19.1. The van der Waals surface area contributed by atoms with Gasteiger partial charge in [-0.2, -0.15) is 0 Å². The number of esters is 1. The van der Waals surface area contributed by atoms with Gasteiger partial charge in [-0.3, -0.25) is 15.1 Å². The molecule has 164 valence electrons. The molecule has 8 heteroatoms. The lowest BCUT2D eigenvalue weighted by Crippen LogP contribution is -2.20. The molecule has 0 aliphatic heterocycles. The van der Waals surface area contributed by atoms with Crippen LogP contribution < -0.4 is 10.2 Å². The molecule has 1 saturated carbocycles. The Kier molecular flexibility index (Phi) is 7.84. The van der Waals surface area contributed by atoms with Crippen LogP contribution in [-0.2, 0) is 14.4 Å². The summed E-state index contributed by atoms with van der Waals surface area (Å²) in [6, 6.07) is 5.60. The zero-order valence-electron chi connectivity index (χ0n) is 16.9. The first kappa shape index (κ1) is 22.3. The quantitative estimate of drug-likeness (QED) is 0.230. The molecular formula is C22H28FNO6. The van der Waals surface area contributed by atoms with Crippen molar-refractivity contribution in [2.75, 3.05) is 20.3 Å². The number of methoxy groups -OCH3 is 1. The van der Waals surface area contributed by atoms with E-state index in [-0.39, 0.29) is 43.3 Å². The number of halogens is 1. The first-order chi connectivity index (χ1) is 14.5. The van der Waals surface area contributed by atoms with Crippen molar-refractivity contribution in [2.24, 2.45) is 17.8 Å². The Hall–Kier alpha value is -2.42. The lowest BCUT2D eigenvalue weighted by Gasteiger charge is -2.16. The fourth-order valence-corrected chi connectivity index (χ4v) is 3.98. The van der Waals surface area contributed by atoms with E-state index in [1.54, 1.807) is 6.08 Å². The van der Waals surface area contributed by atoms with Crippen LogP contribution in [0.25, 0.3) is 0 Å². The fraction of sp³-hybridized carbons (Fsp3) is 0.500. The van der Waals surface area contributed by atoms with Crippen molar-refractivity contribution in [1.82, 2.24) is 5.48 Å². The van der Waals surface area contributed by atoms with E-state index in [1.807, 2.05) is 6.08 Å². The molecule has 0 radical (unpaired) electrons. The third kappa shape index (κ3) is 6.04. The number of carbonyl (C=O) groups excluding carboxylic acids is 1. The van der Waals surface area contributed by atoms with Gasteiger partial charge in [-0.05, 0) is 48.9 Å². The third-order valence-electron chi connectivity index (χ3n) is 5.48. The normalized spacial score (nSPS) is 26.3. The number of aliphatic hydroxyl groups excluding tert-OH is 2. The van der Waals surface area contributed by atoms with Gasteiger partial charge in [-0.1, -0.05) is 18.2 Å². The number of allylic oxidation sites excluding steroid dienone is 2. The summed E-state index contributed by atoms with van der Waals surface area (Å²) in [5, 5.41) is 20.6. The predicted molar refractivity (Wildman–Crippen MR) is 107 cm³/mol. The summed E-state index contributed by atoms with van der Waals surface area (Å²) in [4.78, 5) is 16.4. The zero-order chi connectivity index (χ0) is 21.5. The van der Waals surface area contributed by atoms with Crippen LogP contribution in [0, 0.1) is 23.6 Å². The SMILES string of the molecule is COC(=O)CCONC1=C[C@@H]2[C@@H](C1)C[C@@H](O)[C@@H]2C=CC(O)COc1ccc(F)cc1. The van der Waals surface area contributed by atoms with Crippen molar-refractivity contribution in [1.29, 1.82) is 0 Å². The third-order valence-corrected chi connectivity index (χ3v) is 5.48. The molecule has 1 fully saturated rings. The summed E-state index contributed by atoms with van der Waals surface area (Å²) in [7, 11) is 1.33. The highest BCUT2D eigenvalue weighted by Crippen LogP contribution is 2.46. The van der Waals surface area contributed by atoms with E-state index >= 15 is 0 Å². The van der Waals surface area contributed by atoms with E-state index in [9.17, 15) is 19.4 Å². The number of benzene rings is 1. The lowest BCUT2D eigenvalue weighted by atomic mass is 9.91. The van der Waals surface area contributed by atoms with E-state index in [0.717, 1.165) is 12.1 Å². The minimum absolute atomic E-state index is 0.0374. The smallest absolute Gasteiger partial charge is 0.307 e. The van der Waals surface area contributed by atoms with Crippen LogP contribution in [0.15, 0.2) is 48.2 Å². The average molecular weight is 421 g/mol. The van der Waals surface area contributed by atoms with E-state index < -0.39 is 12.2 Å². The molecule has 0 aromatic heterocycles. The molecule has 0 spiro atoms. The van der Waals surface area contributed by atoms with Crippen molar-refractivity contribution < 1.29 is 33.7 Å². The average Bonchev–Trinajstić information content (AvgIpc) is 3.25. The van der Waals surface area contributed by atoms with E-state index in [0.29, 0.717) is 18.1 Å². The number of aliphatic hydroxyl groups is 2. The van der Waals surface area contributed by atoms with Gasteiger partial charge in [0, 0.05) is 11.6 Å². The van der Waals surface area contributed by atoms with Crippen LogP contribution in [0.4, 0.5) is 4.39 Å². The second-order valence-electron chi connectivity index (χ2n) is 7.61. The van der Waals surface area contributed by atoms with Crippen LogP contribution in [0.2, 0.25) is 0 Å². The topological polar surface area (TPSA) is 97.3 Å². The molecule has 0 amide bonds. The molecule has 1 aromatic carbocycles. The van der Waals surface area contributed by atoms with Gasteiger partial charge in [0.2, 0.25) is 0 Å². The zero-order valence-corrected chi connectivity index (χ0v) is 16.9. The minimum atomic E-state index is -0.842. The second kappa shape index (κ2) is 10.6. The van der Waals surface area contributed by atoms with Crippen LogP contribution in [0.5, 0.6) is 5.75 Å². The number of hydroxylamine groups is 1. The maximum atomic E-state index is 12.9. The molecule has 0 heterocycles. The van der Waals surface area contributed by atoms with E-state index in [2.05, 4.69) is 16.3 Å². The monoisotopic (exact) mass is 421 g/mol. The number of carbonyl (C=O) groups is 1. The van der Waals surface area contributed by atoms with Gasteiger partial charge in [0.05, 0.1) is 26.2 Å². The summed E-state index contributed by atoms with van der Waals surface area (Å²) < 4.78 is 22.9. The Balaban J connectivity index is 1.47. The number of hydrogen-bond donors (Lipinski definition) is 3. The Morgan fingerprint density at radius 2 is 2.13 bits per heavy atom. The number of ether oxygens (including phenoxy) is 2. The molecule has 1 unspecified atom stereocenters. The number of nitrogens with one attached hydrogen (secondary N) is 1. The molecule has 7 nitrogen and oxygen atoms in total. The standard InChI is InChI=1S/C22H28FNO6/c1-28-22(27)8-9-30-24-16-10-14-11-21(26)19(20(14)12-16)7-4-17(25)13-29-18-5-2-15(23)3-6-18/h2-7,12,14,17,19-21,24-26H,8-11,13H2,1H3/t14-,17?,19+,20+,21+/m0/s1. The Bertz CT molecular complexity index is 765. The number of hydrogen-bond acceptors (Lipinski definition) is 7. The Labute approximate surface area is 175 Å². The van der Waals surface area contributed by atoms with Gasteiger partial charge in [-0.15, -0.1) is 0 Å². The van der Waals surface area contributed by atoms with Crippen LogP contribution in [0.3, 0.4) is 0 Å². The molecule has 5 atom stereocenters. The number of rotatable bonds is 10. The van der Waals surface area contributed by atoms with Crippen molar-refractivity contribution in [3.63, 3.8) is 0 Å². The molecule has 2 aliphatic carbocycles. The van der Waals surface area contributed by atoms with Crippen molar-refractivity contribution >= 4 is 5.97 Å². The molecule has 30 heavy (non-hydrogen) atoms. The maximum Gasteiger partial charge on any atom is 0.307 e. The molecule has 3 rings (SSSR count). The molecule has 3 N–H and O–H groups in total. The van der Waals surface area contributed by atoms with Gasteiger partial charge in [0.1, 0.15) is 24.3 Å². The molecule has 1 aromatic rings. The van der Waals surface area contributed by atoms with Crippen LogP contribution in [0.1, 0.15) is 19.3 Å². The molecule has 0 saturated heterocycles. The summed E-state index contributed by atoms with van der Waals surface area (Å²) in [6.45, 7) is 0.251. The summed E-state index contributed by atoms with van der Waals surface area (Å²) in [5.74, 6) is 0.141.